The first-order valence-electron chi connectivity index (χ1n) is 18.5. The summed E-state index contributed by atoms with van der Waals surface area (Å²) in [6.07, 6.45) is 0. The Kier molecular flexibility index (Phi) is 5.49. The zero-order valence-corrected chi connectivity index (χ0v) is 30.7. The van der Waals surface area contributed by atoms with Crippen LogP contribution in [0.5, 0.6) is 0 Å². The molecule has 3 nitrogen and oxygen atoms in total. The predicted octanol–water partition coefficient (Wildman–Crippen LogP) is 10.9. The maximum absolute atomic E-state index is 9.67. The van der Waals surface area contributed by atoms with Gasteiger partial charge in [0.15, 0.2) is 0 Å². The van der Waals surface area contributed by atoms with E-state index in [-0.39, 0.29) is 17.7 Å². The molecule has 2 aliphatic heterocycles. The molecule has 248 valence electrons. The molecule has 0 saturated carbocycles. The Morgan fingerprint density at radius 2 is 1.35 bits per heavy atom. The lowest BCUT2D eigenvalue weighted by molar-refractivity contribution is 0.590. The third kappa shape index (κ3) is 3.61. The lowest BCUT2D eigenvalue weighted by atomic mass is 9.45. The van der Waals surface area contributed by atoms with E-state index in [9.17, 15) is 5.26 Å². The Bertz CT molecular complexity index is 3100. The van der Waals surface area contributed by atoms with Crippen LogP contribution in [0.3, 0.4) is 0 Å². The Morgan fingerprint density at radius 1 is 0.635 bits per heavy atom. The van der Waals surface area contributed by atoms with Gasteiger partial charge in [-0.3, -0.25) is 0 Å². The van der Waals surface area contributed by atoms with Crippen LogP contribution in [-0.2, 0) is 10.8 Å². The van der Waals surface area contributed by atoms with Gasteiger partial charge in [-0.25, -0.2) is 0 Å². The van der Waals surface area contributed by atoms with Crippen LogP contribution in [0.15, 0.2) is 103 Å². The first kappa shape index (κ1) is 29.9. The number of hydrogen-bond donors (Lipinski definition) is 0. The average molecular weight is 668 g/mol. The quantitative estimate of drug-likeness (QED) is 0.127. The minimum absolute atomic E-state index is 0.00686. The second kappa shape index (κ2) is 9.55. The number of fused-ring (bicyclic) bond motifs is 8. The van der Waals surface area contributed by atoms with Gasteiger partial charge in [-0.1, -0.05) is 96.1 Å². The fourth-order valence-corrected chi connectivity index (χ4v) is 9.78. The molecule has 4 heterocycles. The molecule has 4 heteroatoms. The van der Waals surface area contributed by atoms with Crippen molar-refractivity contribution in [2.45, 2.75) is 59.3 Å². The van der Waals surface area contributed by atoms with Crippen LogP contribution in [0.2, 0.25) is 0 Å². The Morgan fingerprint density at radius 3 is 2.08 bits per heavy atom. The largest absolute Gasteiger partial charge is 0.375 e. The highest BCUT2D eigenvalue weighted by atomic mass is 15.0. The summed E-state index contributed by atoms with van der Waals surface area (Å²) in [6, 6.07) is 41.3. The highest BCUT2D eigenvalue weighted by Gasteiger charge is 2.43. The summed E-state index contributed by atoms with van der Waals surface area (Å²) >= 11 is 0. The maximum atomic E-state index is 9.67. The molecular formula is C48H38BN3. The SMILES string of the molecule is Cc1c(-c2ccc(C#N)cc2)cc2c3c1-c1cc(C(C)(C)C)cc4c5cc(C(C)(C)C)ccc5n(c14)B3c1ccc3ccc4cccc5c4c3c1n5-2. The molecule has 0 bridgehead atoms. The van der Waals surface area contributed by atoms with E-state index in [1.165, 1.54) is 104 Å². The number of benzene rings is 7. The number of nitrogens with zero attached hydrogens (tertiary/aromatic N) is 3. The molecule has 9 aromatic rings. The van der Waals surface area contributed by atoms with Crippen LogP contribution >= 0.6 is 0 Å². The smallest absolute Gasteiger partial charge is 0.333 e. The van der Waals surface area contributed by atoms with Crippen molar-refractivity contribution in [3.8, 4) is 34.0 Å². The van der Waals surface area contributed by atoms with Gasteiger partial charge in [0.25, 0.3) is 0 Å². The van der Waals surface area contributed by atoms with E-state index in [1.807, 2.05) is 12.1 Å². The zero-order valence-electron chi connectivity index (χ0n) is 30.7. The van der Waals surface area contributed by atoms with Crippen molar-refractivity contribution in [1.82, 2.24) is 9.05 Å². The van der Waals surface area contributed by atoms with E-state index in [4.69, 9.17) is 0 Å². The van der Waals surface area contributed by atoms with E-state index < -0.39 is 0 Å². The third-order valence-corrected chi connectivity index (χ3v) is 12.4. The Hall–Kier alpha value is -5.79. The number of rotatable bonds is 1. The molecule has 0 atom stereocenters. The van der Waals surface area contributed by atoms with Crippen molar-refractivity contribution >= 4 is 72.2 Å². The summed E-state index contributed by atoms with van der Waals surface area (Å²) in [4.78, 5) is 0. The zero-order chi connectivity index (χ0) is 35.6. The second-order valence-corrected chi connectivity index (χ2v) is 17.3. The molecule has 0 saturated heterocycles. The van der Waals surface area contributed by atoms with Gasteiger partial charge in [0.1, 0.15) is 0 Å². The van der Waals surface area contributed by atoms with Crippen molar-refractivity contribution in [1.29, 1.82) is 5.26 Å². The van der Waals surface area contributed by atoms with Crippen molar-refractivity contribution in [3.05, 3.63) is 125 Å². The van der Waals surface area contributed by atoms with Crippen LogP contribution in [0.25, 0.3) is 82.3 Å². The van der Waals surface area contributed by atoms with Crippen molar-refractivity contribution in [2.24, 2.45) is 0 Å². The fraction of sp³-hybridized carbons (Fsp3) is 0.188. The molecule has 0 N–H and O–H groups in total. The first-order valence-corrected chi connectivity index (χ1v) is 18.5. The van der Waals surface area contributed by atoms with Crippen LogP contribution in [0, 0.1) is 18.3 Å². The number of hydrogen-bond acceptors (Lipinski definition) is 1. The average Bonchev–Trinajstić information content (AvgIpc) is 3.66. The lowest BCUT2D eigenvalue weighted by Gasteiger charge is -2.36. The van der Waals surface area contributed by atoms with Crippen LogP contribution in [-0.4, -0.2) is 15.9 Å². The third-order valence-electron chi connectivity index (χ3n) is 12.4. The lowest BCUT2D eigenvalue weighted by Crippen LogP contribution is -2.55. The standard InChI is InChI=1S/C48H38BN3/c1-26-33(28-13-11-27(25-50)12-14-28)24-40-44-41(26)36-23-32(48(5,6)7)22-35-34-21-31(47(2,3)4)18-20-38(34)52(45(35)36)49(44)37-19-17-30-16-15-29-9-8-10-39-42(29)43(30)46(37)51(39)40/h8-24H,1-7H3. The molecule has 2 aliphatic rings. The van der Waals surface area contributed by atoms with E-state index in [1.54, 1.807) is 0 Å². The summed E-state index contributed by atoms with van der Waals surface area (Å²) < 4.78 is 5.28. The molecule has 52 heavy (non-hydrogen) atoms. The van der Waals surface area contributed by atoms with Gasteiger partial charge in [0.05, 0.1) is 22.7 Å². The predicted molar refractivity (Wildman–Crippen MR) is 221 cm³/mol. The van der Waals surface area contributed by atoms with E-state index in [0.29, 0.717) is 5.56 Å². The Balaban J connectivity index is 1.40. The van der Waals surface area contributed by atoms with Crippen LogP contribution in [0.4, 0.5) is 0 Å². The van der Waals surface area contributed by atoms with Crippen LogP contribution in [0.1, 0.15) is 63.8 Å². The molecule has 11 rings (SSSR count). The van der Waals surface area contributed by atoms with E-state index >= 15 is 0 Å². The van der Waals surface area contributed by atoms with Gasteiger partial charge >= 0.3 is 6.85 Å². The van der Waals surface area contributed by atoms with Gasteiger partial charge in [-0.2, -0.15) is 5.26 Å². The monoisotopic (exact) mass is 667 g/mol. The van der Waals surface area contributed by atoms with Gasteiger partial charge in [0, 0.05) is 43.8 Å². The summed E-state index contributed by atoms with van der Waals surface area (Å²) in [5.74, 6) is 0. The molecule has 7 aromatic carbocycles. The van der Waals surface area contributed by atoms with Gasteiger partial charge in [-0.05, 0) is 121 Å². The minimum Gasteiger partial charge on any atom is -0.375 e. The van der Waals surface area contributed by atoms with Gasteiger partial charge < -0.3 is 9.05 Å². The number of nitriles is 1. The van der Waals surface area contributed by atoms with Gasteiger partial charge in [0.2, 0.25) is 0 Å². The molecule has 0 spiro atoms. The van der Waals surface area contributed by atoms with Crippen molar-refractivity contribution in [2.75, 3.05) is 0 Å². The van der Waals surface area contributed by atoms with Crippen molar-refractivity contribution < 1.29 is 0 Å². The molecule has 0 radical (unpaired) electrons. The molecule has 2 aromatic heterocycles. The molecule has 0 unspecified atom stereocenters. The first-order chi connectivity index (χ1) is 24.9. The normalized spacial score (nSPS) is 13.6. The second-order valence-electron chi connectivity index (χ2n) is 17.3. The van der Waals surface area contributed by atoms with Crippen LogP contribution < -0.4 is 10.9 Å². The van der Waals surface area contributed by atoms with E-state index in [0.717, 1.165) is 5.56 Å². The molecular weight excluding hydrogens is 629 g/mol. The molecule has 0 fully saturated rings. The number of aromatic nitrogens is 2. The maximum Gasteiger partial charge on any atom is 0.333 e. The minimum atomic E-state index is -0.0409. The highest BCUT2D eigenvalue weighted by Crippen LogP contribution is 2.49. The van der Waals surface area contributed by atoms with Gasteiger partial charge in [-0.15, -0.1) is 0 Å². The van der Waals surface area contributed by atoms with E-state index in [2.05, 4.69) is 155 Å². The fourth-order valence-electron chi connectivity index (χ4n) is 9.78. The summed E-state index contributed by atoms with van der Waals surface area (Å²) in [5, 5.41) is 17.6. The summed E-state index contributed by atoms with van der Waals surface area (Å²) in [6.45, 7) is 16.3. The summed E-state index contributed by atoms with van der Waals surface area (Å²) in [7, 11) is 0. The van der Waals surface area contributed by atoms with Crippen molar-refractivity contribution in [3.63, 3.8) is 0 Å². The topological polar surface area (TPSA) is 33.6 Å². The molecule has 0 aliphatic carbocycles. The summed E-state index contributed by atoms with van der Waals surface area (Å²) in [5.41, 5.74) is 18.8. The molecule has 0 amide bonds. The highest BCUT2D eigenvalue weighted by molar-refractivity contribution is 6.90. The Labute approximate surface area is 304 Å².